The Hall–Kier alpha value is -2.21. The molecule has 0 saturated carbocycles. The van der Waals surface area contributed by atoms with E-state index in [2.05, 4.69) is 10.3 Å². The van der Waals surface area contributed by atoms with Crippen molar-refractivity contribution in [3.63, 3.8) is 0 Å². The van der Waals surface area contributed by atoms with E-state index in [-0.39, 0.29) is 11.7 Å². The lowest BCUT2D eigenvalue weighted by atomic mass is 10.2. The molecule has 104 valence electrons. The van der Waals surface area contributed by atoms with Gasteiger partial charge in [-0.15, -0.1) is 0 Å². The summed E-state index contributed by atoms with van der Waals surface area (Å²) in [6, 6.07) is 6.06. The lowest BCUT2D eigenvalue weighted by molar-refractivity contribution is -0.124. The molecule has 0 bridgehead atoms. The van der Waals surface area contributed by atoms with Crippen molar-refractivity contribution in [2.24, 2.45) is 0 Å². The summed E-state index contributed by atoms with van der Waals surface area (Å²) in [5, 5.41) is 2.77. The lowest BCUT2D eigenvalue weighted by Gasteiger charge is -2.24. The van der Waals surface area contributed by atoms with E-state index in [9.17, 15) is 9.18 Å². The van der Waals surface area contributed by atoms with E-state index < -0.39 is 0 Å². The third-order valence-corrected chi connectivity index (χ3v) is 3.16. The first kappa shape index (κ1) is 12.8. The predicted octanol–water partition coefficient (Wildman–Crippen LogP) is 1.41. The van der Waals surface area contributed by atoms with Crippen LogP contribution in [0.5, 0.6) is 0 Å². The fourth-order valence-corrected chi connectivity index (χ4v) is 2.15. The van der Waals surface area contributed by atoms with Crippen molar-refractivity contribution in [1.82, 2.24) is 15.2 Å². The highest BCUT2D eigenvalue weighted by Crippen LogP contribution is 2.21. The van der Waals surface area contributed by atoms with Crippen LogP contribution < -0.4 is 5.32 Å². The number of amides is 1. The van der Waals surface area contributed by atoms with Crippen LogP contribution in [0.25, 0.3) is 11.3 Å². The van der Waals surface area contributed by atoms with Crippen LogP contribution in [0.15, 0.2) is 34.9 Å². The number of oxazole rings is 1. The van der Waals surface area contributed by atoms with Gasteiger partial charge < -0.3 is 9.73 Å². The molecular weight excluding hydrogens is 261 g/mol. The Morgan fingerprint density at radius 2 is 2.15 bits per heavy atom. The number of halogens is 1. The van der Waals surface area contributed by atoms with Crippen molar-refractivity contribution in [2.75, 3.05) is 19.6 Å². The van der Waals surface area contributed by atoms with E-state index in [4.69, 9.17) is 4.42 Å². The van der Waals surface area contributed by atoms with E-state index >= 15 is 0 Å². The number of hydrogen-bond donors (Lipinski definition) is 1. The second kappa shape index (κ2) is 5.42. The second-order valence-corrected chi connectivity index (χ2v) is 4.69. The van der Waals surface area contributed by atoms with Gasteiger partial charge in [-0.3, -0.25) is 9.69 Å². The number of nitrogens with zero attached hydrogens (tertiary/aromatic N) is 2. The van der Waals surface area contributed by atoms with Crippen molar-refractivity contribution >= 4 is 5.91 Å². The van der Waals surface area contributed by atoms with Crippen molar-refractivity contribution in [3.05, 3.63) is 42.2 Å². The Balaban J connectivity index is 1.70. The first-order chi connectivity index (χ1) is 9.70. The SMILES string of the molecule is O=C1CN(Cc2ncc(-c3ccc(F)cc3)o2)CCN1. The molecule has 1 aromatic heterocycles. The van der Waals surface area contributed by atoms with Crippen LogP contribution in [-0.2, 0) is 11.3 Å². The average molecular weight is 275 g/mol. The van der Waals surface area contributed by atoms with E-state index in [1.165, 1.54) is 12.1 Å². The number of piperazine rings is 1. The molecule has 0 radical (unpaired) electrons. The van der Waals surface area contributed by atoms with Gasteiger partial charge in [0.2, 0.25) is 11.8 Å². The maximum absolute atomic E-state index is 12.9. The van der Waals surface area contributed by atoms with Gasteiger partial charge in [0.05, 0.1) is 19.3 Å². The summed E-state index contributed by atoms with van der Waals surface area (Å²) in [4.78, 5) is 17.5. The second-order valence-electron chi connectivity index (χ2n) is 4.69. The summed E-state index contributed by atoms with van der Waals surface area (Å²) >= 11 is 0. The molecule has 0 unspecified atom stereocenters. The fraction of sp³-hybridized carbons (Fsp3) is 0.286. The van der Waals surface area contributed by atoms with Gasteiger partial charge in [-0.2, -0.15) is 0 Å². The zero-order valence-electron chi connectivity index (χ0n) is 10.8. The van der Waals surface area contributed by atoms with Gasteiger partial charge in [0, 0.05) is 18.7 Å². The molecule has 1 fully saturated rings. The maximum atomic E-state index is 12.9. The number of rotatable bonds is 3. The molecule has 5 nitrogen and oxygen atoms in total. The van der Waals surface area contributed by atoms with Gasteiger partial charge in [-0.05, 0) is 24.3 Å². The molecule has 6 heteroatoms. The molecule has 3 rings (SSSR count). The number of aromatic nitrogens is 1. The van der Waals surface area contributed by atoms with Crippen LogP contribution >= 0.6 is 0 Å². The fourth-order valence-electron chi connectivity index (χ4n) is 2.15. The highest BCUT2D eigenvalue weighted by molar-refractivity contribution is 5.78. The van der Waals surface area contributed by atoms with Gasteiger partial charge >= 0.3 is 0 Å². The third kappa shape index (κ3) is 2.85. The molecule has 20 heavy (non-hydrogen) atoms. The van der Waals surface area contributed by atoms with Crippen LogP contribution in [0, 0.1) is 5.82 Å². The van der Waals surface area contributed by atoms with Gasteiger partial charge in [-0.1, -0.05) is 0 Å². The molecule has 1 aliphatic heterocycles. The monoisotopic (exact) mass is 275 g/mol. The van der Waals surface area contributed by atoms with Crippen molar-refractivity contribution in [1.29, 1.82) is 0 Å². The summed E-state index contributed by atoms with van der Waals surface area (Å²) in [6.45, 7) is 2.27. The van der Waals surface area contributed by atoms with E-state index in [0.717, 1.165) is 12.1 Å². The Bertz CT molecular complexity index is 609. The highest BCUT2D eigenvalue weighted by atomic mass is 19.1. The topological polar surface area (TPSA) is 58.4 Å². The van der Waals surface area contributed by atoms with Crippen molar-refractivity contribution in [2.45, 2.75) is 6.54 Å². The number of carbonyl (C=O) groups excluding carboxylic acids is 1. The Morgan fingerprint density at radius 3 is 2.90 bits per heavy atom. The third-order valence-electron chi connectivity index (χ3n) is 3.16. The van der Waals surface area contributed by atoms with E-state index in [1.54, 1.807) is 18.3 Å². The zero-order chi connectivity index (χ0) is 13.9. The average Bonchev–Trinajstić information content (AvgIpc) is 2.88. The van der Waals surface area contributed by atoms with Crippen LogP contribution in [-0.4, -0.2) is 35.4 Å². The quantitative estimate of drug-likeness (QED) is 0.920. The molecule has 1 amide bonds. The number of hydrogen-bond acceptors (Lipinski definition) is 4. The molecule has 1 aromatic carbocycles. The molecule has 1 N–H and O–H groups in total. The van der Waals surface area contributed by atoms with Crippen LogP contribution in [0.2, 0.25) is 0 Å². The van der Waals surface area contributed by atoms with Gasteiger partial charge in [0.15, 0.2) is 5.76 Å². The molecule has 0 atom stereocenters. The number of carbonyl (C=O) groups is 1. The molecule has 0 aliphatic carbocycles. The Labute approximate surface area is 115 Å². The minimum Gasteiger partial charge on any atom is -0.439 e. The Kier molecular flexibility index (Phi) is 3.47. The summed E-state index contributed by atoms with van der Waals surface area (Å²) < 4.78 is 18.5. The van der Waals surface area contributed by atoms with Gasteiger partial charge in [-0.25, -0.2) is 9.37 Å². The van der Waals surface area contributed by atoms with Crippen molar-refractivity contribution in [3.8, 4) is 11.3 Å². The molecule has 2 aromatic rings. The van der Waals surface area contributed by atoms with Gasteiger partial charge in [0.25, 0.3) is 0 Å². The smallest absolute Gasteiger partial charge is 0.234 e. The minimum absolute atomic E-state index is 0.0153. The molecule has 0 spiro atoms. The Morgan fingerprint density at radius 1 is 1.35 bits per heavy atom. The maximum Gasteiger partial charge on any atom is 0.234 e. The number of nitrogens with one attached hydrogen (secondary N) is 1. The molecule has 2 heterocycles. The summed E-state index contributed by atoms with van der Waals surface area (Å²) in [5.74, 6) is 0.884. The normalized spacial score (nSPS) is 16.1. The molecular formula is C14H14FN3O2. The first-order valence-electron chi connectivity index (χ1n) is 6.40. The van der Waals surface area contributed by atoms with E-state index in [0.29, 0.717) is 31.3 Å². The molecule has 1 saturated heterocycles. The summed E-state index contributed by atoms with van der Waals surface area (Å²) in [6.07, 6.45) is 1.62. The zero-order valence-corrected chi connectivity index (χ0v) is 10.8. The lowest BCUT2D eigenvalue weighted by Crippen LogP contribution is -2.47. The van der Waals surface area contributed by atoms with Crippen LogP contribution in [0.3, 0.4) is 0 Å². The summed E-state index contributed by atoms with van der Waals surface area (Å²) in [7, 11) is 0. The molecule has 1 aliphatic rings. The highest BCUT2D eigenvalue weighted by Gasteiger charge is 2.18. The standard InChI is InChI=1S/C14H14FN3O2/c15-11-3-1-10(2-4-11)12-7-17-14(20-12)9-18-6-5-16-13(19)8-18/h1-4,7H,5-6,8-9H2,(H,16,19). The largest absolute Gasteiger partial charge is 0.439 e. The number of benzene rings is 1. The van der Waals surface area contributed by atoms with Crippen molar-refractivity contribution < 1.29 is 13.6 Å². The summed E-state index contributed by atoms with van der Waals surface area (Å²) in [5.41, 5.74) is 0.779. The van der Waals surface area contributed by atoms with Crippen LogP contribution in [0.1, 0.15) is 5.89 Å². The minimum atomic E-state index is -0.284. The van der Waals surface area contributed by atoms with Crippen LogP contribution in [0.4, 0.5) is 4.39 Å². The predicted molar refractivity (Wildman–Crippen MR) is 70.2 cm³/mol. The van der Waals surface area contributed by atoms with Gasteiger partial charge in [0.1, 0.15) is 5.82 Å². The first-order valence-corrected chi connectivity index (χ1v) is 6.40. The van der Waals surface area contributed by atoms with E-state index in [1.807, 2.05) is 4.90 Å².